The van der Waals surface area contributed by atoms with Gasteiger partial charge in [-0.05, 0) is 43.0 Å². The molecule has 3 atom stereocenters. The predicted molar refractivity (Wildman–Crippen MR) is 145 cm³/mol. The number of nitrogens with zero attached hydrogens (tertiary/aromatic N) is 2. The second kappa shape index (κ2) is 12.1. The Bertz CT molecular complexity index is 1270. The summed E-state index contributed by atoms with van der Waals surface area (Å²) >= 11 is 6.51. The van der Waals surface area contributed by atoms with Gasteiger partial charge >= 0.3 is 0 Å². The van der Waals surface area contributed by atoms with Crippen LogP contribution in [0.5, 0.6) is 0 Å². The highest BCUT2D eigenvalue weighted by molar-refractivity contribution is 7.87. The van der Waals surface area contributed by atoms with E-state index in [0.717, 1.165) is 43.1 Å². The van der Waals surface area contributed by atoms with Crippen LogP contribution in [0.25, 0.3) is 0 Å². The first-order valence-electron chi connectivity index (χ1n) is 13.0. The zero-order chi connectivity index (χ0) is 27.4. The van der Waals surface area contributed by atoms with Gasteiger partial charge in [0.05, 0.1) is 6.54 Å². The highest BCUT2D eigenvalue weighted by Crippen LogP contribution is 2.33. The summed E-state index contributed by atoms with van der Waals surface area (Å²) < 4.78 is 43.6. The SMILES string of the molecule is CC(C)[C@@H]1CN1S(=O)(=O)NCC(=O)N(c1cccc(F)c1)[C@@H](C(=O)NC1CCCCC1)c1ccccc1Cl. The summed E-state index contributed by atoms with van der Waals surface area (Å²) in [5.41, 5.74) is 0.471. The first-order valence-corrected chi connectivity index (χ1v) is 14.8. The Morgan fingerprint density at radius 2 is 1.82 bits per heavy atom. The lowest BCUT2D eigenvalue weighted by atomic mass is 9.94. The minimum atomic E-state index is -3.91. The maximum Gasteiger partial charge on any atom is 0.280 e. The first-order chi connectivity index (χ1) is 18.1. The third kappa shape index (κ3) is 6.72. The molecule has 0 bridgehead atoms. The molecule has 2 amide bonds. The lowest BCUT2D eigenvalue weighted by Gasteiger charge is -2.34. The number of halogens is 2. The quantitative estimate of drug-likeness (QED) is 0.423. The van der Waals surface area contributed by atoms with Crippen molar-refractivity contribution in [3.8, 4) is 0 Å². The van der Waals surface area contributed by atoms with Crippen LogP contribution in [0.2, 0.25) is 5.02 Å². The molecule has 1 saturated carbocycles. The molecule has 1 aliphatic carbocycles. The van der Waals surface area contributed by atoms with Gasteiger partial charge in [-0.25, -0.2) is 4.39 Å². The topological polar surface area (TPSA) is 98.6 Å². The third-order valence-corrected chi connectivity index (χ3v) is 8.99. The Kier molecular flexibility index (Phi) is 9.07. The van der Waals surface area contributed by atoms with E-state index in [2.05, 4.69) is 10.0 Å². The van der Waals surface area contributed by atoms with Crippen molar-refractivity contribution in [3.05, 3.63) is 64.9 Å². The van der Waals surface area contributed by atoms with E-state index < -0.39 is 40.4 Å². The Hall–Kier alpha value is -2.53. The molecule has 1 aliphatic heterocycles. The fraction of sp³-hybridized carbons (Fsp3) is 0.481. The minimum Gasteiger partial charge on any atom is -0.351 e. The second-order valence-electron chi connectivity index (χ2n) is 10.2. The number of nitrogens with one attached hydrogen (secondary N) is 2. The monoisotopic (exact) mass is 564 g/mol. The van der Waals surface area contributed by atoms with Gasteiger partial charge in [-0.2, -0.15) is 17.4 Å². The molecule has 11 heteroatoms. The van der Waals surface area contributed by atoms with Crippen molar-refractivity contribution in [1.82, 2.24) is 14.3 Å². The van der Waals surface area contributed by atoms with E-state index in [0.29, 0.717) is 12.1 Å². The number of carbonyl (C=O) groups is 2. The maximum atomic E-state index is 14.3. The van der Waals surface area contributed by atoms with Crippen molar-refractivity contribution < 1.29 is 22.4 Å². The van der Waals surface area contributed by atoms with Crippen LogP contribution in [-0.4, -0.2) is 49.7 Å². The summed E-state index contributed by atoms with van der Waals surface area (Å²) in [6.45, 7) is 3.62. The Morgan fingerprint density at radius 3 is 2.45 bits per heavy atom. The molecule has 0 radical (unpaired) electrons. The fourth-order valence-electron chi connectivity index (χ4n) is 4.96. The molecule has 2 N–H and O–H groups in total. The number of anilines is 1. The summed E-state index contributed by atoms with van der Waals surface area (Å²) in [5.74, 6) is -1.64. The van der Waals surface area contributed by atoms with E-state index in [9.17, 15) is 22.4 Å². The van der Waals surface area contributed by atoms with E-state index in [1.807, 2.05) is 13.8 Å². The molecule has 2 aromatic rings. The molecule has 4 rings (SSSR count). The average Bonchev–Trinajstić information content (AvgIpc) is 3.70. The number of hydrogen-bond donors (Lipinski definition) is 2. The van der Waals surface area contributed by atoms with Crippen molar-refractivity contribution in [2.24, 2.45) is 5.92 Å². The summed E-state index contributed by atoms with van der Waals surface area (Å²) in [6.07, 6.45) is 4.72. The van der Waals surface area contributed by atoms with Crippen molar-refractivity contribution in [3.63, 3.8) is 0 Å². The van der Waals surface area contributed by atoms with Crippen molar-refractivity contribution in [2.45, 2.75) is 64.1 Å². The second-order valence-corrected chi connectivity index (χ2v) is 12.3. The molecule has 206 valence electrons. The van der Waals surface area contributed by atoms with Crippen LogP contribution < -0.4 is 14.9 Å². The molecule has 2 fully saturated rings. The normalized spacial score (nSPS) is 20.7. The summed E-state index contributed by atoms with van der Waals surface area (Å²) in [7, 11) is -3.91. The van der Waals surface area contributed by atoms with Gasteiger partial charge in [0.2, 0.25) is 11.8 Å². The van der Waals surface area contributed by atoms with Gasteiger partial charge in [0.15, 0.2) is 0 Å². The van der Waals surface area contributed by atoms with Gasteiger partial charge in [0, 0.05) is 34.9 Å². The molecule has 8 nitrogen and oxygen atoms in total. The van der Waals surface area contributed by atoms with Crippen molar-refractivity contribution in [2.75, 3.05) is 18.0 Å². The lowest BCUT2D eigenvalue weighted by Crippen LogP contribution is -2.50. The highest BCUT2D eigenvalue weighted by atomic mass is 35.5. The number of benzene rings is 2. The summed E-state index contributed by atoms with van der Waals surface area (Å²) in [5, 5.41) is 3.31. The van der Waals surface area contributed by atoms with E-state index in [4.69, 9.17) is 11.6 Å². The molecule has 1 saturated heterocycles. The van der Waals surface area contributed by atoms with E-state index in [1.54, 1.807) is 24.3 Å². The van der Waals surface area contributed by atoms with Gasteiger partial charge in [-0.1, -0.05) is 69.0 Å². The molecule has 0 spiro atoms. The van der Waals surface area contributed by atoms with Crippen LogP contribution in [0.4, 0.5) is 10.1 Å². The molecule has 1 unspecified atom stereocenters. The minimum absolute atomic E-state index is 0.0557. The van der Waals surface area contributed by atoms with E-state index >= 15 is 0 Å². The molecular weight excluding hydrogens is 531 g/mol. The van der Waals surface area contributed by atoms with Crippen LogP contribution in [0.15, 0.2) is 48.5 Å². The molecule has 2 aromatic carbocycles. The predicted octanol–water partition coefficient (Wildman–Crippen LogP) is 4.18. The van der Waals surface area contributed by atoms with E-state index in [-0.39, 0.29) is 28.7 Å². The van der Waals surface area contributed by atoms with Gasteiger partial charge in [0.25, 0.3) is 10.2 Å². The van der Waals surface area contributed by atoms with Crippen LogP contribution in [0.1, 0.15) is 57.6 Å². The van der Waals surface area contributed by atoms with Crippen molar-refractivity contribution in [1.29, 1.82) is 0 Å². The van der Waals surface area contributed by atoms with Crippen LogP contribution in [0, 0.1) is 11.7 Å². The Balaban J connectivity index is 1.67. The molecule has 2 aliphatic rings. The van der Waals surface area contributed by atoms with Gasteiger partial charge in [-0.15, -0.1) is 0 Å². The standard InChI is InChI=1S/C27H34ClFN4O4S/c1-18(2)24-17-32(24)38(36,37)30-16-25(34)33(21-12-8-9-19(29)15-21)26(22-13-6-7-14-23(22)28)27(35)31-20-10-4-3-5-11-20/h6-9,12-15,18,20,24,26,30H,3-5,10-11,16-17H2,1-2H3,(H,31,35)/t24-,26+,32?/m0/s1. The maximum absolute atomic E-state index is 14.3. The number of amides is 2. The molecule has 0 aromatic heterocycles. The van der Waals surface area contributed by atoms with Gasteiger partial charge < -0.3 is 5.32 Å². The van der Waals surface area contributed by atoms with E-state index in [1.165, 1.54) is 22.5 Å². The summed E-state index contributed by atoms with van der Waals surface area (Å²) in [6, 6.07) is 10.5. The van der Waals surface area contributed by atoms with Crippen LogP contribution >= 0.6 is 11.6 Å². The summed E-state index contributed by atoms with van der Waals surface area (Å²) in [4.78, 5) is 28.7. The molecule has 38 heavy (non-hydrogen) atoms. The number of carbonyl (C=O) groups excluding carboxylic acids is 2. The van der Waals surface area contributed by atoms with Gasteiger partial charge in [0.1, 0.15) is 11.9 Å². The Labute approximate surface area is 228 Å². The highest BCUT2D eigenvalue weighted by Gasteiger charge is 2.46. The van der Waals surface area contributed by atoms with Crippen LogP contribution in [0.3, 0.4) is 0 Å². The average molecular weight is 565 g/mol. The zero-order valence-corrected chi connectivity index (χ0v) is 23.1. The lowest BCUT2D eigenvalue weighted by molar-refractivity contribution is -0.127. The fourth-order valence-corrected chi connectivity index (χ4v) is 6.62. The van der Waals surface area contributed by atoms with Crippen LogP contribution in [-0.2, 0) is 19.8 Å². The van der Waals surface area contributed by atoms with Crippen molar-refractivity contribution >= 4 is 39.3 Å². The Morgan fingerprint density at radius 1 is 1.11 bits per heavy atom. The molecular formula is C27H34ClFN4O4S. The largest absolute Gasteiger partial charge is 0.351 e. The third-order valence-electron chi connectivity index (χ3n) is 7.10. The van der Waals surface area contributed by atoms with Gasteiger partial charge in [-0.3, -0.25) is 14.5 Å². The molecule has 1 heterocycles. The number of hydrogen-bond acceptors (Lipinski definition) is 4. The zero-order valence-electron chi connectivity index (χ0n) is 21.6. The number of rotatable bonds is 10. The first kappa shape index (κ1) is 28.5. The smallest absolute Gasteiger partial charge is 0.280 e.